The van der Waals surface area contributed by atoms with Gasteiger partial charge in [-0.25, -0.2) is 9.97 Å². The second-order valence-corrected chi connectivity index (χ2v) is 8.45. The second-order valence-electron chi connectivity index (χ2n) is 8.45. The number of aromatic nitrogens is 5. The van der Waals surface area contributed by atoms with E-state index in [9.17, 15) is 4.79 Å². The zero-order chi connectivity index (χ0) is 20.4. The van der Waals surface area contributed by atoms with Crippen molar-refractivity contribution in [2.24, 2.45) is 18.9 Å². The Morgan fingerprint density at radius 3 is 2.72 bits per heavy atom. The molecule has 0 radical (unpaired) electrons. The van der Waals surface area contributed by atoms with E-state index < -0.39 is 0 Å². The number of fused-ring (bicyclic) bond motifs is 1. The van der Waals surface area contributed by atoms with E-state index >= 15 is 0 Å². The molecule has 3 heterocycles. The molecule has 0 N–H and O–H groups in total. The summed E-state index contributed by atoms with van der Waals surface area (Å²) in [7, 11) is 1.84. The predicted molar refractivity (Wildman–Crippen MR) is 112 cm³/mol. The zero-order valence-electron chi connectivity index (χ0n) is 17.4. The minimum Gasteiger partial charge on any atom is -0.303 e. The average Bonchev–Trinajstić information content (AvgIpc) is 3.14. The van der Waals surface area contributed by atoms with Gasteiger partial charge in [-0.2, -0.15) is 0 Å². The number of Topliss-reactive ketones (excluding diaryl/α,β-unsaturated/α-hetero) is 1. The third kappa shape index (κ3) is 4.67. The van der Waals surface area contributed by atoms with Crippen LogP contribution < -0.4 is 0 Å². The lowest BCUT2D eigenvalue weighted by Gasteiger charge is -2.32. The van der Waals surface area contributed by atoms with Gasteiger partial charge in [-0.3, -0.25) is 9.48 Å². The highest BCUT2D eigenvalue weighted by molar-refractivity contribution is 5.85. The third-order valence-corrected chi connectivity index (χ3v) is 5.53. The number of benzene rings is 1. The van der Waals surface area contributed by atoms with Gasteiger partial charge in [0.15, 0.2) is 0 Å². The smallest absolute Gasteiger partial charge is 0.143 e. The Labute approximate surface area is 171 Å². The van der Waals surface area contributed by atoms with Crippen LogP contribution in [0, 0.1) is 11.8 Å². The largest absolute Gasteiger partial charge is 0.303 e. The first kappa shape index (κ1) is 19.6. The van der Waals surface area contributed by atoms with E-state index in [0.29, 0.717) is 18.2 Å². The Balaban J connectivity index is 1.44. The number of hydrogen-bond donors (Lipinski definition) is 0. The van der Waals surface area contributed by atoms with Crippen molar-refractivity contribution in [3.05, 3.63) is 36.4 Å². The molecule has 0 aliphatic carbocycles. The summed E-state index contributed by atoms with van der Waals surface area (Å²) in [6.07, 6.45) is 5.86. The molecule has 1 saturated heterocycles. The molecule has 29 heavy (non-hydrogen) atoms. The fourth-order valence-electron chi connectivity index (χ4n) is 4.04. The Kier molecular flexibility index (Phi) is 5.67. The van der Waals surface area contributed by atoms with E-state index in [1.165, 1.54) is 0 Å². The molecule has 0 bridgehead atoms. The van der Waals surface area contributed by atoms with Crippen molar-refractivity contribution in [3.8, 4) is 11.3 Å². The molecule has 1 aliphatic heterocycles. The number of nitrogens with zero attached hydrogens (tertiary/aromatic N) is 6. The molecule has 1 aromatic carbocycles. The highest BCUT2D eigenvalue weighted by Gasteiger charge is 2.25. The molecule has 0 saturated carbocycles. The van der Waals surface area contributed by atoms with E-state index in [1.807, 2.05) is 31.4 Å². The van der Waals surface area contributed by atoms with Crippen LogP contribution in [0.5, 0.6) is 0 Å². The first-order valence-corrected chi connectivity index (χ1v) is 10.4. The summed E-state index contributed by atoms with van der Waals surface area (Å²) in [5.41, 5.74) is 2.59. The summed E-state index contributed by atoms with van der Waals surface area (Å²) < 4.78 is 1.68. The minimum atomic E-state index is 0.128. The van der Waals surface area contributed by atoms with E-state index in [2.05, 4.69) is 39.0 Å². The molecule has 0 unspecified atom stereocenters. The number of aryl methyl sites for hydroxylation is 1. The summed E-state index contributed by atoms with van der Waals surface area (Å²) in [6.45, 7) is 7.61. The van der Waals surface area contributed by atoms with Gasteiger partial charge in [0.25, 0.3) is 0 Å². The molecule has 1 aliphatic rings. The van der Waals surface area contributed by atoms with Crippen molar-refractivity contribution < 1.29 is 4.79 Å². The molecule has 0 atom stereocenters. The molecule has 2 aromatic heterocycles. The van der Waals surface area contributed by atoms with Crippen molar-refractivity contribution in [2.75, 3.05) is 19.6 Å². The fraction of sp³-hybridized carbons (Fsp3) is 0.500. The van der Waals surface area contributed by atoms with Gasteiger partial charge < -0.3 is 4.90 Å². The van der Waals surface area contributed by atoms with Gasteiger partial charge in [0.1, 0.15) is 17.3 Å². The van der Waals surface area contributed by atoms with Crippen molar-refractivity contribution in [1.29, 1.82) is 0 Å². The van der Waals surface area contributed by atoms with Crippen molar-refractivity contribution >= 4 is 16.7 Å². The molecular formula is C22H28N6O. The lowest BCUT2D eigenvalue weighted by atomic mass is 9.90. The molecule has 3 aromatic rings. The van der Waals surface area contributed by atoms with E-state index in [-0.39, 0.29) is 11.7 Å². The second kappa shape index (κ2) is 8.37. The number of carbonyl (C=O) groups excluding carboxylic acids is 1. The standard InChI is InChI=1S/C22H28N6O/c1-15(2)13-28-8-6-16(7-9-28)21(29)11-22-23-12-18-5-4-17(10-19(18)24-22)20-14-27(3)26-25-20/h4-5,10,12,14-16H,6-9,11,13H2,1-3H3. The van der Waals surface area contributed by atoms with Crippen LogP contribution >= 0.6 is 0 Å². The lowest BCUT2D eigenvalue weighted by Crippen LogP contribution is -2.38. The number of piperidine rings is 1. The van der Waals surface area contributed by atoms with Crippen molar-refractivity contribution in [3.63, 3.8) is 0 Å². The molecule has 0 spiro atoms. The quantitative estimate of drug-likeness (QED) is 0.642. The molecule has 7 heteroatoms. The zero-order valence-corrected chi connectivity index (χ0v) is 17.4. The van der Waals surface area contributed by atoms with Crippen LogP contribution in [0.3, 0.4) is 0 Å². The number of carbonyl (C=O) groups is 1. The maximum Gasteiger partial charge on any atom is 0.143 e. The maximum atomic E-state index is 12.8. The van der Waals surface area contributed by atoms with E-state index in [1.54, 1.807) is 10.9 Å². The Morgan fingerprint density at radius 1 is 1.24 bits per heavy atom. The van der Waals surface area contributed by atoms with Crippen LogP contribution in [-0.2, 0) is 18.3 Å². The normalized spacial score (nSPS) is 16.0. The number of ketones is 1. The first-order chi connectivity index (χ1) is 14.0. The SMILES string of the molecule is CC(C)CN1CCC(C(=O)Cc2ncc3ccc(-c4cn(C)nn4)cc3n2)CC1. The van der Waals surface area contributed by atoms with Crippen LogP contribution in [0.15, 0.2) is 30.6 Å². The fourth-order valence-corrected chi connectivity index (χ4v) is 4.04. The van der Waals surface area contributed by atoms with Gasteiger partial charge in [0.05, 0.1) is 18.1 Å². The van der Waals surface area contributed by atoms with Crippen LogP contribution in [0.2, 0.25) is 0 Å². The van der Waals surface area contributed by atoms with Gasteiger partial charge in [-0.05, 0) is 37.9 Å². The minimum absolute atomic E-state index is 0.128. The molecule has 7 nitrogen and oxygen atoms in total. The summed E-state index contributed by atoms with van der Waals surface area (Å²) >= 11 is 0. The van der Waals surface area contributed by atoms with Gasteiger partial charge in [0, 0.05) is 36.7 Å². The molecular weight excluding hydrogens is 364 g/mol. The summed E-state index contributed by atoms with van der Waals surface area (Å²) in [4.78, 5) is 24.4. The predicted octanol–water partition coefficient (Wildman–Crippen LogP) is 2.90. The van der Waals surface area contributed by atoms with E-state index in [4.69, 9.17) is 0 Å². The number of rotatable bonds is 6. The third-order valence-electron chi connectivity index (χ3n) is 5.53. The molecule has 1 fully saturated rings. The van der Waals surface area contributed by atoms with Gasteiger partial charge in [-0.15, -0.1) is 5.10 Å². The summed E-state index contributed by atoms with van der Waals surface area (Å²) in [5, 5.41) is 9.10. The number of likely N-dealkylation sites (tertiary alicyclic amines) is 1. The van der Waals surface area contributed by atoms with Crippen molar-refractivity contribution in [1.82, 2.24) is 29.9 Å². The highest BCUT2D eigenvalue weighted by Crippen LogP contribution is 2.23. The van der Waals surface area contributed by atoms with Crippen molar-refractivity contribution in [2.45, 2.75) is 33.1 Å². The van der Waals surface area contributed by atoms with E-state index in [0.717, 1.165) is 54.6 Å². The van der Waals surface area contributed by atoms with Crippen LogP contribution in [0.25, 0.3) is 22.2 Å². The van der Waals surface area contributed by atoms with Crippen LogP contribution in [0.4, 0.5) is 0 Å². The topological polar surface area (TPSA) is 76.8 Å². The lowest BCUT2D eigenvalue weighted by molar-refractivity contribution is -0.123. The Hall–Kier alpha value is -2.67. The Morgan fingerprint density at radius 2 is 2.03 bits per heavy atom. The molecule has 4 rings (SSSR count). The summed E-state index contributed by atoms with van der Waals surface area (Å²) in [6, 6.07) is 5.96. The molecule has 0 amide bonds. The van der Waals surface area contributed by atoms with Crippen LogP contribution in [0.1, 0.15) is 32.5 Å². The average molecular weight is 393 g/mol. The number of hydrogen-bond acceptors (Lipinski definition) is 6. The van der Waals surface area contributed by atoms with Crippen LogP contribution in [-0.4, -0.2) is 55.3 Å². The van der Waals surface area contributed by atoms with Gasteiger partial charge >= 0.3 is 0 Å². The van der Waals surface area contributed by atoms with Gasteiger partial charge in [-0.1, -0.05) is 31.2 Å². The van der Waals surface area contributed by atoms with Gasteiger partial charge in [0.2, 0.25) is 0 Å². The Bertz CT molecular complexity index is 1000. The maximum absolute atomic E-state index is 12.8. The first-order valence-electron chi connectivity index (χ1n) is 10.4. The monoisotopic (exact) mass is 392 g/mol. The molecule has 152 valence electrons. The highest BCUT2D eigenvalue weighted by atomic mass is 16.1. The summed E-state index contributed by atoms with van der Waals surface area (Å²) in [5.74, 6) is 1.66.